The standard InChI is InChI=1S/C19H21N3O3/c23-19(16-1-2-17-18(13-16)25-12-11-24-17)22-9-7-21(8-10-22)14-15-3-5-20-6-4-15/h1-6,13H,7-12,14H2/p+1. The molecule has 2 aliphatic heterocycles. The van der Waals surface area contributed by atoms with Gasteiger partial charge in [-0.25, -0.2) is 0 Å². The Morgan fingerprint density at radius 1 is 1.04 bits per heavy atom. The van der Waals surface area contributed by atoms with Crippen LogP contribution in [0.2, 0.25) is 0 Å². The summed E-state index contributed by atoms with van der Waals surface area (Å²) < 4.78 is 11.1. The maximum atomic E-state index is 12.8. The Morgan fingerprint density at radius 3 is 2.52 bits per heavy atom. The molecule has 4 rings (SSSR count). The number of fused-ring (bicyclic) bond motifs is 1. The topological polar surface area (TPSA) is 56.1 Å². The summed E-state index contributed by atoms with van der Waals surface area (Å²) in [4.78, 5) is 20.2. The molecule has 0 spiro atoms. The smallest absolute Gasteiger partial charge is 0.254 e. The fourth-order valence-corrected chi connectivity index (χ4v) is 3.35. The van der Waals surface area contributed by atoms with Crippen LogP contribution < -0.4 is 14.4 Å². The van der Waals surface area contributed by atoms with Gasteiger partial charge >= 0.3 is 0 Å². The largest absolute Gasteiger partial charge is 0.486 e. The zero-order chi connectivity index (χ0) is 17.1. The molecule has 3 heterocycles. The van der Waals surface area contributed by atoms with Crippen LogP contribution in [-0.4, -0.2) is 55.2 Å². The first-order chi connectivity index (χ1) is 12.3. The third kappa shape index (κ3) is 3.58. The van der Waals surface area contributed by atoms with E-state index >= 15 is 0 Å². The van der Waals surface area contributed by atoms with E-state index in [2.05, 4.69) is 17.1 Å². The zero-order valence-electron chi connectivity index (χ0n) is 14.1. The van der Waals surface area contributed by atoms with Crippen LogP contribution in [-0.2, 0) is 6.54 Å². The minimum absolute atomic E-state index is 0.0694. The van der Waals surface area contributed by atoms with Gasteiger partial charge in [0.05, 0.1) is 26.2 Å². The first kappa shape index (κ1) is 15.9. The molecule has 2 aliphatic rings. The second-order valence-corrected chi connectivity index (χ2v) is 6.43. The molecular formula is C19H22N3O3+. The Kier molecular flexibility index (Phi) is 4.52. The van der Waals surface area contributed by atoms with Crippen molar-refractivity contribution >= 4 is 5.91 Å². The molecule has 0 bridgehead atoms. The lowest BCUT2D eigenvalue weighted by Gasteiger charge is -2.32. The van der Waals surface area contributed by atoms with Crippen molar-refractivity contribution in [1.82, 2.24) is 9.88 Å². The van der Waals surface area contributed by atoms with Gasteiger partial charge in [-0.2, -0.15) is 0 Å². The van der Waals surface area contributed by atoms with Crippen molar-refractivity contribution in [2.75, 3.05) is 39.4 Å². The molecule has 1 aromatic heterocycles. The Balaban J connectivity index is 1.36. The highest BCUT2D eigenvalue weighted by molar-refractivity contribution is 5.95. The summed E-state index contributed by atoms with van der Waals surface area (Å²) in [5.41, 5.74) is 1.96. The SMILES string of the molecule is O=C(c1ccc2c(c1)OCCO2)N1CC[NH+](Cc2ccncc2)CC1. The van der Waals surface area contributed by atoms with E-state index in [1.54, 1.807) is 6.07 Å². The van der Waals surface area contributed by atoms with Crippen LogP contribution in [0.4, 0.5) is 0 Å². The normalized spacial score (nSPS) is 17.4. The number of aromatic nitrogens is 1. The second-order valence-electron chi connectivity index (χ2n) is 6.43. The van der Waals surface area contributed by atoms with Gasteiger partial charge in [0.2, 0.25) is 0 Å². The van der Waals surface area contributed by atoms with Gasteiger partial charge in [0.25, 0.3) is 5.91 Å². The van der Waals surface area contributed by atoms with Gasteiger partial charge in [0.1, 0.15) is 19.8 Å². The molecule has 1 amide bonds. The van der Waals surface area contributed by atoms with Crippen LogP contribution in [0.3, 0.4) is 0 Å². The van der Waals surface area contributed by atoms with Gasteiger partial charge < -0.3 is 19.3 Å². The molecule has 0 saturated carbocycles. The van der Waals surface area contributed by atoms with Crippen molar-refractivity contribution in [2.24, 2.45) is 0 Å². The molecule has 0 atom stereocenters. The molecule has 6 nitrogen and oxygen atoms in total. The van der Waals surface area contributed by atoms with E-state index in [9.17, 15) is 4.79 Å². The van der Waals surface area contributed by atoms with Crippen molar-refractivity contribution in [3.63, 3.8) is 0 Å². The van der Waals surface area contributed by atoms with Crippen molar-refractivity contribution < 1.29 is 19.2 Å². The van der Waals surface area contributed by atoms with E-state index in [0.717, 1.165) is 38.5 Å². The minimum Gasteiger partial charge on any atom is -0.486 e. The lowest BCUT2D eigenvalue weighted by molar-refractivity contribution is -0.917. The monoisotopic (exact) mass is 340 g/mol. The quantitative estimate of drug-likeness (QED) is 0.879. The fourth-order valence-electron chi connectivity index (χ4n) is 3.35. The molecule has 0 unspecified atom stereocenters. The van der Waals surface area contributed by atoms with Crippen molar-refractivity contribution in [1.29, 1.82) is 0 Å². The highest BCUT2D eigenvalue weighted by atomic mass is 16.6. The predicted molar refractivity (Wildman–Crippen MR) is 92.0 cm³/mol. The van der Waals surface area contributed by atoms with Crippen LogP contribution in [0, 0.1) is 0 Å². The average molecular weight is 340 g/mol. The number of ether oxygens (including phenoxy) is 2. The number of hydrogen-bond acceptors (Lipinski definition) is 4. The van der Waals surface area contributed by atoms with E-state index in [0.29, 0.717) is 24.5 Å². The number of carbonyl (C=O) groups is 1. The van der Waals surface area contributed by atoms with Crippen LogP contribution in [0.1, 0.15) is 15.9 Å². The summed E-state index contributed by atoms with van der Waals surface area (Å²) in [6.45, 7) is 5.53. The van der Waals surface area contributed by atoms with E-state index < -0.39 is 0 Å². The van der Waals surface area contributed by atoms with E-state index in [4.69, 9.17) is 9.47 Å². The first-order valence-corrected chi connectivity index (χ1v) is 8.71. The summed E-state index contributed by atoms with van der Waals surface area (Å²) in [6.07, 6.45) is 3.66. The summed E-state index contributed by atoms with van der Waals surface area (Å²) in [7, 11) is 0. The van der Waals surface area contributed by atoms with Gasteiger partial charge in [-0.3, -0.25) is 9.78 Å². The molecular weight excluding hydrogens is 318 g/mol. The number of amides is 1. The lowest BCUT2D eigenvalue weighted by Crippen LogP contribution is -3.13. The number of hydrogen-bond donors (Lipinski definition) is 1. The van der Waals surface area contributed by atoms with Gasteiger partial charge in [0, 0.05) is 23.5 Å². The Hall–Kier alpha value is -2.60. The lowest BCUT2D eigenvalue weighted by atomic mass is 10.1. The van der Waals surface area contributed by atoms with Gasteiger partial charge in [0.15, 0.2) is 11.5 Å². The van der Waals surface area contributed by atoms with E-state index in [-0.39, 0.29) is 5.91 Å². The summed E-state index contributed by atoms with van der Waals surface area (Å²) in [6, 6.07) is 9.56. The molecule has 6 heteroatoms. The Morgan fingerprint density at radius 2 is 1.76 bits per heavy atom. The molecule has 0 radical (unpaired) electrons. The number of piperazine rings is 1. The summed E-state index contributed by atoms with van der Waals surface area (Å²) in [5.74, 6) is 1.45. The van der Waals surface area contributed by atoms with Crippen molar-refractivity contribution in [3.8, 4) is 11.5 Å². The van der Waals surface area contributed by atoms with Crippen LogP contribution in [0.15, 0.2) is 42.7 Å². The number of quaternary nitrogens is 1. The molecule has 130 valence electrons. The maximum absolute atomic E-state index is 12.8. The fraction of sp³-hybridized carbons (Fsp3) is 0.368. The number of benzene rings is 1. The number of nitrogens with one attached hydrogen (secondary N) is 1. The van der Waals surface area contributed by atoms with Gasteiger partial charge in [-0.05, 0) is 30.3 Å². The van der Waals surface area contributed by atoms with Crippen LogP contribution in [0.25, 0.3) is 0 Å². The average Bonchev–Trinajstić information content (AvgIpc) is 2.68. The minimum atomic E-state index is 0.0694. The zero-order valence-corrected chi connectivity index (χ0v) is 14.1. The number of rotatable bonds is 3. The van der Waals surface area contributed by atoms with E-state index in [1.165, 1.54) is 10.5 Å². The third-order valence-corrected chi connectivity index (χ3v) is 4.75. The third-order valence-electron chi connectivity index (χ3n) is 4.75. The number of pyridine rings is 1. The molecule has 1 N–H and O–H groups in total. The predicted octanol–water partition coefficient (Wildman–Crippen LogP) is 0.394. The number of nitrogens with zero attached hydrogens (tertiary/aromatic N) is 2. The highest BCUT2D eigenvalue weighted by Gasteiger charge is 2.25. The maximum Gasteiger partial charge on any atom is 0.254 e. The molecule has 25 heavy (non-hydrogen) atoms. The van der Waals surface area contributed by atoms with Crippen LogP contribution in [0.5, 0.6) is 11.5 Å². The second kappa shape index (κ2) is 7.11. The highest BCUT2D eigenvalue weighted by Crippen LogP contribution is 2.31. The van der Waals surface area contributed by atoms with E-state index in [1.807, 2.05) is 29.4 Å². The molecule has 1 fully saturated rings. The Bertz CT molecular complexity index is 743. The Labute approximate surface area is 147 Å². The first-order valence-electron chi connectivity index (χ1n) is 8.71. The van der Waals surface area contributed by atoms with Crippen molar-refractivity contribution in [3.05, 3.63) is 53.9 Å². The molecule has 1 saturated heterocycles. The molecule has 0 aliphatic carbocycles. The molecule has 1 aromatic carbocycles. The number of carbonyl (C=O) groups excluding carboxylic acids is 1. The van der Waals surface area contributed by atoms with Gasteiger partial charge in [-0.15, -0.1) is 0 Å². The summed E-state index contributed by atoms with van der Waals surface area (Å²) >= 11 is 0. The van der Waals surface area contributed by atoms with Gasteiger partial charge in [-0.1, -0.05) is 0 Å². The summed E-state index contributed by atoms with van der Waals surface area (Å²) in [5, 5.41) is 0. The van der Waals surface area contributed by atoms with Crippen LogP contribution >= 0.6 is 0 Å². The molecule has 2 aromatic rings. The van der Waals surface area contributed by atoms with Crippen molar-refractivity contribution in [2.45, 2.75) is 6.54 Å².